The molecule has 3 unspecified atom stereocenters. The van der Waals surface area contributed by atoms with E-state index in [0.717, 1.165) is 21.1 Å². The monoisotopic (exact) mass is 305 g/mol. The highest BCUT2D eigenvalue weighted by Gasteiger charge is 2.39. The summed E-state index contributed by atoms with van der Waals surface area (Å²) in [6.07, 6.45) is 5.36. The first kappa shape index (κ1) is 12.5. The number of carbonyl (C=O) groups excluding carboxylic acids is 1. The predicted octanol–water partition coefficient (Wildman–Crippen LogP) is 2.49. The Morgan fingerprint density at radius 3 is 3.00 bits per heavy atom. The number of carbonyl (C=O) groups is 1. The molecule has 3 atom stereocenters. The molecule has 2 aromatic heterocycles. The Bertz CT molecular complexity index is 622. The maximum absolute atomic E-state index is 12.3. The number of amides is 1. The van der Waals surface area contributed by atoms with Crippen LogP contribution in [0.1, 0.15) is 28.9 Å². The number of hydrogen-bond acceptors (Lipinski definition) is 5. The van der Waals surface area contributed by atoms with Crippen LogP contribution in [0.2, 0.25) is 0 Å². The molecule has 2 aliphatic heterocycles. The fourth-order valence-electron chi connectivity index (χ4n) is 3.15. The van der Waals surface area contributed by atoms with E-state index in [2.05, 4.69) is 15.6 Å². The second kappa shape index (κ2) is 4.95. The van der Waals surface area contributed by atoms with E-state index in [4.69, 9.17) is 0 Å². The zero-order chi connectivity index (χ0) is 13.5. The highest BCUT2D eigenvalue weighted by atomic mass is 32.1. The van der Waals surface area contributed by atoms with Crippen molar-refractivity contribution in [2.45, 2.75) is 37.4 Å². The lowest BCUT2D eigenvalue weighted by Gasteiger charge is -2.20. The predicted molar refractivity (Wildman–Crippen MR) is 81.2 cm³/mol. The maximum atomic E-state index is 12.3. The van der Waals surface area contributed by atoms with Crippen LogP contribution in [0.15, 0.2) is 23.8 Å². The van der Waals surface area contributed by atoms with E-state index in [9.17, 15) is 4.79 Å². The van der Waals surface area contributed by atoms with Crippen molar-refractivity contribution < 1.29 is 4.79 Å². The third-order valence-corrected chi connectivity index (χ3v) is 6.17. The SMILES string of the molecule is O=C(NC1CC2CCC1N2)c1ccc(-c2cncs2)s1. The molecule has 0 radical (unpaired) electrons. The summed E-state index contributed by atoms with van der Waals surface area (Å²) in [6, 6.07) is 5.31. The van der Waals surface area contributed by atoms with Gasteiger partial charge in [-0.1, -0.05) is 0 Å². The molecule has 2 N–H and O–H groups in total. The molecular weight excluding hydrogens is 290 g/mol. The number of aromatic nitrogens is 1. The summed E-state index contributed by atoms with van der Waals surface area (Å²) >= 11 is 3.14. The Morgan fingerprint density at radius 1 is 1.35 bits per heavy atom. The first-order chi connectivity index (χ1) is 9.79. The fourth-order valence-corrected chi connectivity index (χ4v) is 4.78. The van der Waals surface area contributed by atoms with Gasteiger partial charge in [-0.15, -0.1) is 22.7 Å². The smallest absolute Gasteiger partial charge is 0.261 e. The Balaban J connectivity index is 1.46. The molecule has 0 spiro atoms. The zero-order valence-corrected chi connectivity index (χ0v) is 12.5. The lowest BCUT2D eigenvalue weighted by molar-refractivity contribution is 0.0935. The quantitative estimate of drug-likeness (QED) is 0.916. The summed E-state index contributed by atoms with van der Waals surface area (Å²) in [7, 11) is 0. The average molecular weight is 305 g/mol. The van der Waals surface area contributed by atoms with Crippen molar-refractivity contribution in [2.75, 3.05) is 0 Å². The zero-order valence-electron chi connectivity index (χ0n) is 10.8. The maximum Gasteiger partial charge on any atom is 0.261 e. The van der Waals surface area contributed by atoms with Crippen molar-refractivity contribution in [1.82, 2.24) is 15.6 Å². The molecule has 4 rings (SSSR count). The van der Waals surface area contributed by atoms with Crippen molar-refractivity contribution in [3.05, 3.63) is 28.7 Å². The molecule has 2 aliphatic rings. The molecule has 20 heavy (non-hydrogen) atoms. The third kappa shape index (κ3) is 2.17. The molecule has 2 bridgehead atoms. The summed E-state index contributed by atoms with van der Waals surface area (Å²) in [5, 5.41) is 6.73. The molecule has 104 valence electrons. The van der Waals surface area contributed by atoms with E-state index in [0.29, 0.717) is 18.1 Å². The third-order valence-electron chi connectivity index (χ3n) is 4.12. The minimum Gasteiger partial charge on any atom is -0.347 e. The van der Waals surface area contributed by atoms with E-state index in [1.165, 1.54) is 12.8 Å². The molecule has 6 heteroatoms. The number of nitrogens with one attached hydrogen (secondary N) is 2. The van der Waals surface area contributed by atoms with Crippen LogP contribution in [0.5, 0.6) is 0 Å². The lowest BCUT2D eigenvalue weighted by Crippen LogP contribution is -2.42. The van der Waals surface area contributed by atoms with Gasteiger partial charge in [0.05, 0.1) is 15.3 Å². The molecule has 4 nitrogen and oxygen atoms in total. The summed E-state index contributed by atoms with van der Waals surface area (Å²) in [6.45, 7) is 0. The number of thiophene rings is 1. The van der Waals surface area contributed by atoms with Gasteiger partial charge in [0.15, 0.2) is 0 Å². The van der Waals surface area contributed by atoms with Gasteiger partial charge in [-0.3, -0.25) is 9.78 Å². The van der Waals surface area contributed by atoms with E-state index in [1.807, 2.05) is 23.8 Å². The molecule has 1 amide bonds. The number of nitrogens with zero attached hydrogens (tertiary/aromatic N) is 1. The van der Waals surface area contributed by atoms with Gasteiger partial charge in [0, 0.05) is 29.2 Å². The minimum absolute atomic E-state index is 0.0603. The van der Waals surface area contributed by atoms with E-state index in [-0.39, 0.29) is 5.91 Å². The van der Waals surface area contributed by atoms with Crippen LogP contribution in [0.25, 0.3) is 9.75 Å². The molecule has 2 aromatic rings. The molecule has 0 saturated carbocycles. The van der Waals surface area contributed by atoms with Crippen LogP contribution in [0.4, 0.5) is 0 Å². The van der Waals surface area contributed by atoms with E-state index < -0.39 is 0 Å². The average Bonchev–Trinajstić information content (AvgIpc) is 3.21. The van der Waals surface area contributed by atoms with Gasteiger partial charge in [0.2, 0.25) is 0 Å². The summed E-state index contributed by atoms with van der Waals surface area (Å²) in [5.74, 6) is 0.0603. The van der Waals surface area contributed by atoms with Crippen LogP contribution < -0.4 is 10.6 Å². The van der Waals surface area contributed by atoms with E-state index in [1.54, 1.807) is 22.7 Å². The standard InChI is InChI=1S/C14H15N3OS2/c18-14(17-10-5-8-1-2-9(10)16-8)12-4-3-11(20-12)13-6-15-7-19-13/h3-4,6-10,16H,1-2,5H2,(H,17,18). The number of thiazole rings is 1. The van der Waals surface area contributed by atoms with Gasteiger partial charge in [0.1, 0.15) is 0 Å². The van der Waals surface area contributed by atoms with Crippen LogP contribution >= 0.6 is 22.7 Å². The molecule has 4 heterocycles. The summed E-state index contributed by atoms with van der Waals surface area (Å²) < 4.78 is 0. The summed E-state index contributed by atoms with van der Waals surface area (Å²) in [4.78, 5) is 19.4. The van der Waals surface area contributed by atoms with Crippen molar-refractivity contribution in [3.63, 3.8) is 0 Å². The van der Waals surface area contributed by atoms with Gasteiger partial charge in [-0.2, -0.15) is 0 Å². The van der Waals surface area contributed by atoms with Gasteiger partial charge < -0.3 is 10.6 Å². The van der Waals surface area contributed by atoms with Gasteiger partial charge in [-0.05, 0) is 31.4 Å². The largest absolute Gasteiger partial charge is 0.347 e. The lowest BCUT2D eigenvalue weighted by atomic mass is 9.95. The molecular formula is C14H15N3OS2. The highest BCUT2D eigenvalue weighted by Crippen LogP contribution is 2.32. The van der Waals surface area contributed by atoms with Crippen LogP contribution in [0, 0.1) is 0 Å². The first-order valence-electron chi connectivity index (χ1n) is 6.85. The van der Waals surface area contributed by atoms with Crippen molar-refractivity contribution in [1.29, 1.82) is 0 Å². The normalized spacial score (nSPS) is 27.9. The number of rotatable bonds is 3. The van der Waals surface area contributed by atoms with Crippen molar-refractivity contribution >= 4 is 28.6 Å². The van der Waals surface area contributed by atoms with Crippen LogP contribution in [-0.4, -0.2) is 29.0 Å². The van der Waals surface area contributed by atoms with Crippen LogP contribution in [0.3, 0.4) is 0 Å². The highest BCUT2D eigenvalue weighted by molar-refractivity contribution is 7.22. The fraction of sp³-hybridized carbons (Fsp3) is 0.429. The molecule has 0 aromatic carbocycles. The number of hydrogen-bond donors (Lipinski definition) is 2. The van der Waals surface area contributed by atoms with Gasteiger partial charge >= 0.3 is 0 Å². The minimum atomic E-state index is 0.0603. The summed E-state index contributed by atoms with van der Waals surface area (Å²) in [5.41, 5.74) is 1.82. The van der Waals surface area contributed by atoms with Crippen LogP contribution in [-0.2, 0) is 0 Å². The molecule has 2 saturated heterocycles. The molecule has 0 aliphatic carbocycles. The van der Waals surface area contributed by atoms with Gasteiger partial charge in [0.25, 0.3) is 5.91 Å². The molecule has 2 fully saturated rings. The van der Waals surface area contributed by atoms with Gasteiger partial charge in [-0.25, -0.2) is 0 Å². The Morgan fingerprint density at radius 2 is 2.30 bits per heavy atom. The van der Waals surface area contributed by atoms with Crippen molar-refractivity contribution in [2.24, 2.45) is 0 Å². The first-order valence-corrected chi connectivity index (χ1v) is 8.55. The van der Waals surface area contributed by atoms with E-state index >= 15 is 0 Å². The second-order valence-electron chi connectivity index (χ2n) is 5.39. The number of fused-ring (bicyclic) bond motifs is 2. The Kier molecular flexibility index (Phi) is 3.09. The Hall–Kier alpha value is -1.24. The Labute approximate surface area is 125 Å². The second-order valence-corrected chi connectivity index (χ2v) is 7.36. The van der Waals surface area contributed by atoms with Crippen molar-refractivity contribution in [3.8, 4) is 9.75 Å². The topological polar surface area (TPSA) is 54.0 Å².